The molecule has 0 aliphatic rings. The Kier molecular flexibility index (Phi) is 5.73. The molecule has 0 spiro atoms. The van der Waals surface area contributed by atoms with Gasteiger partial charge >= 0.3 is 5.97 Å². The first kappa shape index (κ1) is 14.6. The summed E-state index contributed by atoms with van der Waals surface area (Å²) in [6, 6.07) is 0. The van der Waals surface area contributed by atoms with Crippen molar-refractivity contribution in [3.05, 3.63) is 11.1 Å². The number of anilines is 1. The molecule has 2 N–H and O–H groups in total. The van der Waals surface area contributed by atoms with Crippen molar-refractivity contribution in [3.63, 3.8) is 0 Å². The van der Waals surface area contributed by atoms with Gasteiger partial charge in [-0.1, -0.05) is 0 Å². The molecule has 0 fully saturated rings. The Morgan fingerprint density at radius 3 is 2.89 bits per heavy atom. The molecule has 1 aromatic rings. The maximum atomic E-state index is 10.8. The van der Waals surface area contributed by atoms with Crippen molar-refractivity contribution < 1.29 is 14.7 Å². The van der Waals surface area contributed by atoms with E-state index in [4.69, 9.17) is 5.11 Å². The second kappa shape index (κ2) is 7.07. The fourth-order valence-electron chi connectivity index (χ4n) is 1.44. The fraction of sp³-hybridized carbons (Fsp3) is 0.545. The van der Waals surface area contributed by atoms with Gasteiger partial charge in [0.2, 0.25) is 5.91 Å². The monoisotopic (exact) mass is 271 g/mol. The van der Waals surface area contributed by atoms with Crippen LogP contribution in [0.25, 0.3) is 0 Å². The third-order valence-electron chi connectivity index (χ3n) is 2.20. The van der Waals surface area contributed by atoms with E-state index in [0.717, 1.165) is 5.69 Å². The molecular weight excluding hydrogens is 254 g/mol. The minimum Gasteiger partial charge on any atom is -0.481 e. The van der Waals surface area contributed by atoms with Crippen LogP contribution in [0, 0.1) is 0 Å². The van der Waals surface area contributed by atoms with Gasteiger partial charge in [-0.2, -0.15) is 0 Å². The molecule has 6 nitrogen and oxygen atoms in total. The number of nitrogens with zero attached hydrogens (tertiary/aromatic N) is 2. The Morgan fingerprint density at radius 2 is 2.28 bits per heavy atom. The average Bonchev–Trinajstić information content (AvgIpc) is 2.63. The van der Waals surface area contributed by atoms with Crippen LogP contribution in [0.5, 0.6) is 0 Å². The van der Waals surface area contributed by atoms with E-state index in [9.17, 15) is 9.59 Å². The Labute approximate surface area is 110 Å². The van der Waals surface area contributed by atoms with Crippen LogP contribution in [0.3, 0.4) is 0 Å². The molecule has 1 heterocycles. The van der Waals surface area contributed by atoms with Gasteiger partial charge in [0.15, 0.2) is 5.13 Å². The highest BCUT2D eigenvalue weighted by atomic mass is 32.1. The third-order valence-corrected chi connectivity index (χ3v) is 3.00. The number of nitrogens with one attached hydrogen (secondary N) is 1. The third kappa shape index (κ3) is 5.74. The SMILES string of the molecule is CC(=O)Nc1nc(CN(C)CCCC(=O)O)cs1. The Bertz CT molecular complexity index is 419. The first-order chi connectivity index (χ1) is 8.47. The Morgan fingerprint density at radius 1 is 1.56 bits per heavy atom. The van der Waals surface area contributed by atoms with Crippen molar-refractivity contribution >= 4 is 28.3 Å². The second-order valence-corrected chi connectivity index (χ2v) is 4.92. The van der Waals surface area contributed by atoms with E-state index in [0.29, 0.717) is 24.6 Å². The number of thiazole rings is 1. The van der Waals surface area contributed by atoms with Crippen LogP contribution >= 0.6 is 11.3 Å². The van der Waals surface area contributed by atoms with Crippen molar-refractivity contribution in [2.45, 2.75) is 26.3 Å². The summed E-state index contributed by atoms with van der Waals surface area (Å²) >= 11 is 1.38. The predicted octanol–water partition coefficient (Wildman–Crippen LogP) is 1.40. The molecule has 18 heavy (non-hydrogen) atoms. The summed E-state index contributed by atoms with van der Waals surface area (Å²) in [6.45, 7) is 2.80. The van der Waals surface area contributed by atoms with Gasteiger partial charge in [0.25, 0.3) is 0 Å². The molecule has 0 aliphatic heterocycles. The van der Waals surface area contributed by atoms with Gasteiger partial charge in [0.05, 0.1) is 5.69 Å². The molecule has 0 unspecified atom stereocenters. The normalized spacial score (nSPS) is 10.6. The number of rotatable bonds is 7. The predicted molar refractivity (Wildman–Crippen MR) is 69.6 cm³/mol. The van der Waals surface area contributed by atoms with Gasteiger partial charge in [0.1, 0.15) is 0 Å². The van der Waals surface area contributed by atoms with Gasteiger partial charge in [-0.3, -0.25) is 9.59 Å². The quantitative estimate of drug-likeness (QED) is 0.783. The number of carboxylic acids is 1. The average molecular weight is 271 g/mol. The number of carbonyl (C=O) groups excluding carboxylic acids is 1. The summed E-state index contributed by atoms with van der Waals surface area (Å²) in [4.78, 5) is 27.5. The van der Waals surface area contributed by atoms with Gasteiger partial charge in [-0.25, -0.2) is 4.98 Å². The molecule has 0 aromatic carbocycles. The van der Waals surface area contributed by atoms with E-state index in [-0.39, 0.29) is 12.3 Å². The van der Waals surface area contributed by atoms with E-state index in [1.807, 2.05) is 17.3 Å². The molecule has 1 rings (SSSR count). The molecule has 0 aliphatic carbocycles. The molecule has 100 valence electrons. The highest BCUT2D eigenvalue weighted by Gasteiger charge is 2.07. The molecule has 1 amide bonds. The Hall–Kier alpha value is -1.47. The maximum absolute atomic E-state index is 10.8. The van der Waals surface area contributed by atoms with Crippen LogP contribution < -0.4 is 5.32 Å². The van der Waals surface area contributed by atoms with E-state index >= 15 is 0 Å². The van der Waals surface area contributed by atoms with Gasteiger partial charge in [-0.15, -0.1) is 11.3 Å². The van der Waals surface area contributed by atoms with E-state index < -0.39 is 5.97 Å². The van der Waals surface area contributed by atoms with E-state index in [2.05, 4.69) is 10.3 Å². The van der Waals surface area contributed by atoms with Crippen molar-refractivity contribution in [1.82, 2.24) is 9.88 Å². The smallest absolute Gasteiger partial charge is 0.303 e. The van der Waals surface area contributed by atoms with E-state index in [1.165, 1.54) is 18.3 Å². The van der Waals surface area contributed by atoms with Crippen molar-refractivity contribution in [2.24, 2.45) is 0 Å². The van der Waals surface area contributed by atoms with Crippen LogP contribution in [-0.4, -0.2) is 40.5 Å². The molecule has 7 heteroatoms. The minimum atomic E-state index is -0.773. The molecule has 1 aromatic heterocycles. The zero-order valence-electron chi connectivity index (χ0n) is 10.5. The number of amides is 1. The number of hydrogen-bond acceptors (Lipinski definition) is 5. The highest BCUT2D eigenvalue weighted by molar-refractivity contribution is 7.13. The lowest BCUT2D eigenvalue weighted by molar-refractivity contribution is -0.137. The van der Waals surface area contributed by atoms with Crippen LogP contribution in [0.15, 0.2) is 5.38 Å². The Balaban J connectivity index is 2.35. The fourth-order valence-corrected chi connectivity index (χ4v) is 2.19. The molecular formula is C11H17N3O3S. The topological polar surface area (TPSA) is 82.5 Å². The lowest BCUT2D eigenvalue weighted by Gasteiger charge is -2.14. The van der Waals surface area contributed by atoms with Crippen molar-refractivity contribution in [3.8, 4) is 0 Å². The lowest BCUT2D eigenvalue weighted by atomic mass is 10.3. The van der Waals surface area contributed by atoms with Crippen LogP contribution in [0.1, 0.15) is 25.5 Å². The number of carbonyl (C=O) groups is 2. The zero-order valence-corrected chi connectivity index (χ0v) is 11.3. The number of hydrogen-bond donors (Lipinski definition) is 2. The number of aliphatic carboxylic acids is 1. The van der Waals surface area contributed by atoms with E-state index in [1.54, 1.807) is 0 Å². The summed E-state index contributed by atoms with van der Waals surface area (Å²) in [5.74, 6) is -0.907. The maximum Gasteiger partial charge on any atom is 0.303 e. The summed E-state index contributed by atoms with van der Waals surface area (Å²) < 4.78 is 0. The first-order valence-electron chi connectivity index (χ1n) is 5.59. The summed E-state index contributed by atoms with van der Waals surface area (Å²) in [5.41, 5.74) is 0.876. The molecule has 0 saturated heterocycles. The van der Waals surface area contributed by atoms with Crippen LogP contribution in [0.2, 0.25) is 0 Å². The summed E-state index contributed by atoms with van der Waals surface area (Å²) in [5, 5.41) is 13.6. The number of aromatic nitrogens is 1. The lowest BCUT2D eigenvalue weighted by Crippen LogP contribution is -2.20. The molecule has 0 atom stereocenters. The van der Waals surface area contributed by atoms with Gasteiger partial charge in [-0.05, 0) is 20.0 Å². The zero-order chi connectivity index (χ0) is 13.5. The summed E-state index contributed by atoms with van der Waals surface area (Å²) in [6.07, 6.45) is 0.799. The largest absolute Gasteiger partial charge is 0.481 e. The first-order valence-corrected chi connectivity index (χ1v) is 6.47. The van der Waals surface area contributed by atoms with Crippen molar-refractivity contribution in [1.29, 1.82) is 0 Å². The molecule has 0 radical (unpaired) electrons. The van der Waals surface area contributed by atoms with Gasteiger partial charge < -0.3 is 15.3 Å². The second-order valence-electron chi connectivity index (χ2n) is 4.06. The number of carboxylic acid groups (broad SMARTS) is 1. The van der Waals surface area contributed by atoms with Gasteiger partial charge in [0, 0.05) is 25.3 Å². The minimum absolute atomic E-state index is 0.134. The standard InChI is InChI=1S/C11H17N3O3S/c1-8(15)12-11-13-9(7-18-11)6-14(2)5-3-4-10(16)17/h7H,3-6H2,1-2H3,(H,16,17)(H,12,13,15). The highest BCUT2D eigenvalue weighted by Crippen LogP contribution is 2.16. The van der Waals surface area contributed by atoms with Crippen LogP contribution in [0.4, 0.5) is 5.13 Å². The van der Waals surface area contributed by atoms with Crippen molar-refractivity contribution in [2.75, 3.05) is 18.9 Å². The van der Waals surface area contributed by atoms with Crippen LogP contribution in [-0.2, 0) is 16.1 Å². The molecule has 0 saturated carbocycles. The molecule has 0 bridgehead atoms. The summed E-state index contributed by atoms with van der Waals surface area (Å²) in [7, 11) is 1.92.